The Morgan fingerprint density at radius 2 is 1.90 bits per heavy atom. The van der Waals surface area contributed by atoms with Gasteiger partial charge in [-0.3, -0.25) is 9.78 Å². The van der Waals surface area contributed by atoms with E-state index in [0.29, 0.717) is 11.6 Å². The number of benzene rings is 1. The molecule has 2 rings (SSSR count). The predicted octanol–water partition coefficient (Wildman–Crippen LogP) is 1.96. The van der Waals surface area contributed by atoms with E-state index in [9.17, 15) is 13.6 Å². The van der Waals surface area contributed by atoms with E-state index in [4.69, 9.17) is 5.11 Å². The molecule has 0 unspecified atom stereocenters. The molecule has 0 aliphatic heterocycles. The van der Waals surface area contributed by atoms with Crippen LogP contribution in [0.5, 0.6) is 0 Å². The Balaban J connectivity index is 2.20. The van der Waals surface area contributed by atoms with Crippen LogP contribution in [0.25, 0.3) is 0 Å². The Labute approximate surface area is 119 Å². The number of hydrogen-bond donors (Lipinski definition) is 2. The lowest BCUT2D eigenvalue weighted by Gasteiger charge is -2.05. The summed E-state index contributed by atoms with van der Waals surface area (Å²) in [6.45, 7) is -0.307. The normalized spacial score (nSPS) is 9.67. The summed E-state index contributed by atoms with van der Waals surface area (Å²) >= 11 is 0. The summed E-state index contributed by atoms with van der Waals surface area (Å²) in [7, 11) is 0. The molecule has 6 heteroatoms. The molecule has 2 N–H and O–H groups in total. The summed E-state index contributed by atoms with van der Waals surface area (Å²) in [4.78, 5) is 15.8. The van der Waals surface area contributed by atoms with Gasteiger partial charge >= 0.3 is 0 Å². The van der Waals surface area contributed by atoms with Gasteiger partial charge in [0.15, 0.2) is 0 Å². The fourth-order valence-electron chi connectivity index (χ4n) is 1.60. The summed E-state index contributed by atoms with van der Waals surface area (Å²) in [6, 6.07) is 4.18. The third-order valence-corrected chi connectivity index (χ3v) is 2.43. The number of halogens is 2. The molecule has 0 radical (unpaired) electrons. The van der Waals surface area contributed by atoms with E-state index < -0.39 is 17.5 Å². The molecule has 0 saturated heterocycles. The van der Waals surface area contributed by atoms with Crippen molar-refractivity contribution in [1.29, 1.82) is 0 Å². The van der Waals surface area contributed by atoms with Crippen molar-refractivity contribution in [1.82, 2.24) is 4.98 Å². The van der Waals surface area contributed by atoms with Crippen molar-refractivity contribution in [2.75, 3.05) is 11.9 Å². The van der Waals surface area contributed by atoms with Crippen LogP contribution in [-0.4, -0.2) is 22.6 Å². The zero-order chi connectivity index (χ0) is 15.2. The number of rotatable bonds is 2. The summed E-state index contributed by atoms with van der Waals surface area (Å²) in [6.07, 6.45) is 2.73. The number of carbonyl (C=O) groups is 1. The van der Waals surface area contributed by atoms with Crippen LogP contribution in [-0.2, 0) is 0 Å². The molecule has 0 aliphatic rings. The number of nitrogens with one attached hydrogen (secondary N) is 1. The van der Waals surface area contributed by atoms with E-state index in [2.05, 4.69) is 22.1 Å². The van der Waals surface area contributed by atoms with Gasteiger partial charge in [-0.15, -0.1) is 0 Å². The first-order chi connectivity index (χ1) is 10.1. The van der Waals surface area contributed by atoms with E-state index in [1.165, 1.54) is 18.5 Å². The number of pyridine rings is 1. The maximum atomic E-state index is 13.0. The Hall–Kier alpha value is -2.78. The SMILES string of the molecule is O=C(Nc1cc(F)cc(F)c1)c1cncc(C#CCO)c1. The van der Waals surface area contributed by atoms with Gasteiger partial charge in [-0.05, 0) is 18.2 Å². The Bertz CT molecular complexity index is 716. The minimum atomic E-state index is -0.786. The minimum Gasteiger partial charge on any atom is -0.384 e. The number of nitrogens with zero attached hydrogens (tertiary/aromatic N) is 1. The molecule has 0 bridgehead atoms. The molecule has 0 atom stereocenters. The third kappa shape index (κ3) is 4.09. The molecule has 0 fully saturated rings. The van der Waals surface area contributed by atoms with Crippen LogP contribution in [0, 0.1) is 23.5 Å². The van der Waals surface area contributed by atoms with E-state index >= 15 is 0 Å². The van der Waals surface area contributed by atoms with Crippen molar-refractivity contribution in [2.24, 2.45) is 0 Å². The molecule has 1 heterocycles. The highest BCUT2D eigenvalue weighted by Gasteiger charge is 2.09. The molecule has 0 spiro atoms. The third-order valence-electron chi connectivity index (χ3n) is 2.43. The number of aliphatic hydroxyl groups excluding tert-OH is 1. The average Bonchev–Trinajstić information content (AvgIpc) is 2.44. The van der Waals surface area contributed by atoms with Crippen molar-refractivity contribution in [3.05, 3.63) is 59.4 Å². The molecule has 21 heavy (non-hydrogen) atoms. The van der Waals surface area contributed by atoms with E-state index in [-0.39, 0.29) is 17.9 Å². The van der Waals surface area contributed by atoms with Crippen molar-refractivity contribution < 1.29 is 18.7 Å². The predicted molar refractivity (Wildman–Crippen MR) is 72.5 cm³/mol. The van der Waals surface area contributed by atoms with Crippen molar-refractivity contribution in [3.63, 3.8) is 0 Å². The first-order valence-corrected chi connectivity index (χ1v) is 5.91. The number of carbonyl (C=O) groups excluding carboxylic acids is 1. The Morgan fingerprint density at radius 3 is 2.57 bits per heavy atom. The van der Waals surface area contributed by atoms with Gasteiger partial charge in [0.05, 0.1) is 5.56 Å². The van der Waals surface area contributed by atoms with Crippen LogP contribution in [0.15, 0.2) is 36.7 Å². The molecular weight excluding hydrogens is 278 g/mol. The van der Waals surface area contributed by atoms with E-state index in [1.807, 2.05) is 0 Å². The Kier molecular flexibility index (Phi) is 4.59. The van der Waals surface area contributed by atoms with Crippen molar-refractivity contribution >= 4 is 11.6 Å². The number of aliphatic hydroxyl groups is 1. The van der Waals surface area contributed by atoms with E-state index in [1.54, 1.807) is 0 Å². The maximum absolute atomic E-state index is 13.0. The van der Waals surface area contributed by atoms with Gasteiger partial charge < -0.3 is 10.4 Å². The monoisotopic (exact) mass is 288 g/mol. The van der Waals surface area contributed by atoms with Crippen molar-refractivity contribution in [3.8, 4) is 11.8 Å². The molecule has 2 aromatic rings. The zero-order valence-electron chi connectivity index (χ0n) is 10.7. The maximum Gasteiger partial charge on any atom is 0.257 e. The van der Waals surface area contributed by atoms with Gasteiger partial charge in [-0.1, -0.05) is 11.8 Å². The second-order valence-electron chi connectivity index (χ2n) is 4.03. The van der Waals surface area contributed by atoms with Crippen LogP contribution >= 0.6 is 0 Å². The largest absolute Gasteiger partial charge is 0.384 e. The fourth-order valence-corrected chi connectivity index (χ4v) is 1.60. The number of anilines is 1. The van der Waals surface area contributed by atoms with Crippen LogP contribution in [0.2, 0.25) is 0 Å². The molecule has 1 aromatic heterocycles. The van der Waals surface area contributed by atoms with Gasteiger partial charge in [0.25, 0.3) is 5.91 Å². The number of amides is 1. The molecular formula is C15H10F2N2O2. The highest BCUT2D eigenvalue weighted by Crippen LogP contribution is 2.14. The summed E-state index contributed by atoms with van der Waals surface area (Å²) < 4.78 is 26.1. The van der Waals surface area contributed by atoms with Crippen molar-refractivity contribution in [2.45, 2.75) is 0 Å². The quantitative estimate of drug-likeness (QED) is 0.830. The molecule has 1 amide bonds. The lowest BCUT2D eigenvalue weighted by molar-refractivity contribution is 0.102. The molecule has 4 nitrogen and oxygen atoms in total. The molecule has 0 saturated carbocycles. The smallest absolute Gasteiger partial charge is 0.257 e. The lowest BCUT2D eigenvalue weighted by atomic mass is 10.2. The average molecular weight is 288 g/mol. The van der Waals surface area contributed by atoms with E-state index in [0.717, 1.165) is 12.1 Å². The van der Waals surface area contributed by atoms with Gasteiger partial charge in [0.1, 0.15) is 18.2 Å². The highest BCUT2D eigenvalue weighted by atomic mass is 19.1. The first kappa shape index (κ1) is 14.6. The van der Waals surface area contributed by atoms with Crippen LogP contribution in [0.4, 0.5) is 14.5 Å². The summed E-state index contributed by atoms with van der Waals surface area (Å²) in [5.74, 6) is 2.90. The highest BCUT2D eigenvalue weighted by molar-refractivity contribution is 6.04. The summed E-state index contributed by atoms with van der Waals surface area (Å²) in [5, 5.41) is 11.0. The van der Waals surface area contributed by atoms with Crippen LogP contribution < -0.4 is 5.32 Å². The Morgan fingerprint density at radius 1 is 1.19 bits per heavy atom. The second kappa shape index (κ2) is 6.59. The molecule has 0 aliphatic carbocycles. The van der Waals surface area contributed by atoms with Gasteiger partial charge in [0, 0.05) is 29.7 Å². The fraction of sp³-hybridized carbons (Fsp3) is 0.0667. The molecule has 1 aromatic carbocycles. The topological polar surface area (TPSA) is 62.2 Å². The molecule has 106 valence electrons. The van der Waals surface area contributed by atoms with Gasteiger partial charge in [-0.2, -0.15) is 0 Å². The second-order valence-corrected chi connectivity index (χ2v) is 4.03. The van der Waals surface area contributed by atoms with Gasteiger partial charge in [0.2, 0.25) is 0 Å². The first-order valence-electron chi connectivity index (χ1n) is 5.91. The standard InChI is InChI=1S/C15H10F2N2O2/c16-12-5-13(17)7-14(6-12)19-15(21)11-4-10(2-1-3-20)8-18-9-11/h4-9,20H,3H2,(H,19,21). The zero-order valence-corrected chi connectivity index (χ0v) is 10.7. The lowest BCUT2D eigenvalue weighted by Crippen LogP contribution is -2.12. The number of aromatic nitrogens is 1. The minimum absolute atomic E-state index is 0.00402. The van der Waals surface area contributed by atoms with Crippen LogP contribution in [0.3, 0.4) is 0 Å². The number of hydrogen-bond acceptors (Lipinski definition) is 3. The van der Waals surface area contributed by atoms with Crippen LogP contribution in [0.1, 0.15) is 15.9 Å². The van der Waals surface area contributed by atoms with Gasteiger partial charge in [-0.25, -0.2) is 8.78 Å². The summed E-state index contributed by atoms with van der Waals surface area (Å²) in [5.41, 5.74) is 0.635.